The van der Waals surface area contributed by atoms with Crippen LogP contribution in [0.15, 0.2) is 24.3 Å². The number of fused-ring (bicyclic) bond motifs is 1. The van der Waals surface area contributed by atoms with E-state index in [1.54, 1.807) is 0 Å². The Morgan fingerprint density at radius 3 is 1.50 bits per heavy atom. The minimum atomic E-state index is 0.187. The summed E-state index contributed by atoms with van der Waals surface area (Å²) in [5, 5.41) is 3.85. The molecule has 2 rings (SSSR count). The predicted octanol–water partition coefficient (Wildman–Crippen LogP) is 9.80. The van der Waals surface area contributed by atoms with Crippen molar-refractivity contribution >= 4 is 5.69 Å². The van der Waals surface area contributed by atoms with E-state index in [4.69, 9.17) is 0 Å². The zero-order valence-electron chi connectivity index (χ0n) is 20.8. The average molecular weight is 414 g/mol. The molecule has 1 aromatic carbocycles. The number of rotatable bonds is 17. The van der Waals surface area contributed by atoms with E-state index in [1.165, 1.54) is 120 Å². The van der Waals surface area contributed by atoms with E-state index < -0.39 is 0 Å². The van der Waals surface area contributed by atoms with Gasteiger partial charge in [0, 0.05) is 16.6 Å². The highest BCUT2D eigenvalue weighted by Crippen LogP contribution is 2.49. The molecule has 1 atom stereocenters. The Kier molecular flexibility index (Phi) is 11.3. The van der Waals surface area contributed by atoms with Crippen LogP contribution in [-0.4, -0.2) is 5.54 Å². The van der Waals surface area contributed by atoms with Crippen LogP contribution in [0, 0.1) is 0 Å². The highest BCUT2D eigenvalue weighted by atomic mass is 15.0. The summed E-state index contributed by atoms with van der Waals surface area (Å²) in [5.74, 6) is 0. The SMILES string of the molecule is CCCCCCCCCCCCCCCCCCC1(C)Nc2ccccc2C1(C)C. The van der Waals surface area contributed by atoms with Crippen LogP contribution in [0.4, 0.5) is 5.69 Å². The summed E-state index contributed by atoms with van der Waals surface area (Å²) in [6.07, 6.45) is 24.3. The van der Waals surface area contributed by atoms with Crippen LogP contribution >= 0.6 is 0 Å². The molecule has 1 aliphatic heterocycles. The van der Waals surface area contributed by atoms with Crippen molar-refractivity contribution in [1.29, 1.82) is 0 Å². The van der Waals surface area contributed by atoms with Crippen molar-refractivity contribution in [2.24, 2.45) is 0 Å². The first-order valence-electron chi connectivity index (χ1n) is 13.4. The van der Waals surface area contributed by atoms with Gasteiger partial charge in [0.25, 0.3) is 0 Å². The maximum Gasteiger partial charge on any atom is 0.0437 e. The molecule has 0 saturated carbocycles. The van der Waals surface area contributed by atoms with Crippen molar-refractivity contribution in [3.05, 3.63) is 29.8 Å². The number of benzene rings is 1. The predicted molar refractivity (Wildman–Crippen MR) is 136 cm³/mol. The van der Waals surface area contributed by atoms with Gasteiger partial charge in [-0.3, -0.25) is 0 Å². The second-order valence-electron chi connectivity index (χ2n) is 10.7. The Labute approximate surface area is 188 Å². The van der Waals surface area contributed by atoms with E-state index in [0.717, 1.165) is 0 Å². The molecule has 1 unspecified atom stereocenters. The minimum absolute atomic E-state index is 0.187. The normalized spacial score (nSPS) is 19.6. The van der Waals surface area contributed by atoms with E-state index in [1.807, 2.05) is 0 Å². The molecule has 30 heavy (non-hydrogen) atoms. The fourth-order valence-electron chi connectivity index (χ4n) is 5.29. The van der Waals surface area contributed by atoms with Gasteiger partial charge in [-0.1, -0.05) is 142 Å². The average Bonchev–Trinajstić information content (AvgIpc) is 2.93. The van der Waals surface area contributed by atoms with E-state index in [-0.39, 0.29) is 11.0 Å². The molecule has 0 aromatic heterocycles. The molecule has 0 radical (unpaired) electrons. The van der Waals surface area contributed by atoms with Crippen molar-refractivity contribution in [1.82, 2.24) is 0 Å². The molecule has 0 bridgehead atoms. The number of unbranched alkanes of at least 4 members (excludes halogenated alkanes) is 15. The number of para-hydroxylation sites is 1. The first-order valence-corrected chi connectivity index (χ1v) is 13.4. The van der Waals surface area contributed by atoms with Crippen molar-refractivity contribution < 1.29 is 0 Å². The van der Waals surface area contributed by atoms with Crippen LogP contribution in [0.3, 0.4) is 0 Å². The summed E-state index contributed by atoms with van der Waals surface area (Å²) in [5.41, 5.74) is 3.23. The fraction of sp³-hybridized carbons (Fsp3) is 0.793. The summed E-state index contributed by atoms with van der Waals surface area (Å²) in [7, 11) is 0. The molecular formula is C29H51N. The third-order valence-electron chi connectivity index (χ3n) is 7.92. The first-order chi connectivity index (χ1) is 14.5. The lowest BCUT2D eigenvalue weighted by atomic mass is 9.69. The van der Waals surface area contributed by atoms with Gasteiger partial charge in [-0.25, -0.2) is 0 Å². The minimum Gasteiger partial charge on any atom is -0.379 e. The number of anilines is 1. The van der Waals surface area contributed by atoms with Crippen LogP contribution in [0.2, 0.25) is 0 Å². The highest BCUT2D eigenvalue weighted by Gasteiger charge is 2.47. The lowest BCUT2D eigenvalue weighted by Gasteiger charge is -2.39. The van der Waals surface area contributed by atoms with Crippen LogP contribution in [-0.2, 0) is 5.41 Å². The van der Waals surface area contributed by atoms with Crippen LogP contribution in [0.1, 0.15) is 142 Å². The number of hydrogen-bond acceptors (Lipinski definition) is 1. The molecule has 0 aliphatic carbocycles. The molecule has 1 N–H and O–H groups in total. The molecular weight excluding hydrogens is 362 g/mol. The number of nitrogens with one attached hydrogen (secondary N) is 1. The maximum absolute atomic E-state index is 3.85. The fourth-order valence-corrected chi connectivity index (χ4v) is 5.29. The van der Waals surface area contributed by atoms with Gasteiger partial charge in [-0.05, 0) is 25.0 Å². The number of hydrogen-bond donors (Lipinski definition) is 1. The van der Waals surface area contributed by atoms with E-state index in [0.29, 0.717) is 0 Å². The quantitative estimate of drug-likeness (QED) is 0.250. The molecule has 1 aliphatic rings. The van der Waals surface area contributed by atoms with Crippen LogP contribution in [0.25, 0.3) is 0 Å². The summed E-state index contributed by atoms with van der Waals surface area (Å²) in [6.45, 7) is 9.56. The summed E-state index contributed by atoms with van der Waals surface area (Å²) < 4.78 is 0. The Morgan fingerprint density at radius 1 is 0.600 bits per heavy atom. The van der Waals surface area contributed by atoms with Crippen molar-refractivity contribution in [3.63, 3.8) is 0 Å². The summed E-state index contributed by atoms with van der Waals surface area (Å²) in [6, 6.07) is 8.89. The van der Waals surface area contributed by atoms with E-state index >= 15 is 0 Å². The topological polar surface area (TPSA) is 12.0 Å². The molecule has 0 fully saturated rings. The third-order valence-corrected chi connectivity index (χ3v) is 7.92. The summed E-state index contributed by atoms with van der Waals surface area (Å²) >= 11 is 0. The molecule has 1 nitrogen and oxygen atoms in total. The lowest BCUT2D eigenvalue weighted by molar-refractivity contribution is 0.300. The van der Waals surface area contributed by atoms with Gasteiger partial charge in [-0.2, -0.15) is 0 Å². The first kappa shape index (κ1) is 25.3. The summed E-state index contributed by atoms with van der Waals surface area (Å²) in [4.78, 5) is 0. The lowest BCUT2D eigenvalue weighted by Crippen LogP contribution is -2.46. The van der Waals surface area contributed by atoms with Gasteiger partial charge in [0.15, 0.2) is 0 Å². The zero-order chi connectivity index (χ0) is 21.7. The molecule has 1 heteroatoms. The third kappa shape index (κ3) is 7.61. The van der Waals surface area contributed by atoms with Gasteiger partial charge in [-0.15, -0.1) is 0 Å². The molecule has 0 amide bonds. The van der Waals surface area contributed by atoms with E-state index in [9.17, 15) is 0 Å². The van der Waals surface area contributed by atoms with Gasteiger partial charge in [0.2, 0.25) is 0 Å². The second-order valence-corrected chi connectivity index (χ2v) is 10.7. The Hall–Kier alpha value is -0.980. The Bertz CT molecular complexity index is 575. The van der Waals surface area contributed by atoms with E-state index in [2.05, 4.69) is 57.3 Å². The van der Waals surface area contributed by atoms with Crippen LogP contribution < -0.4 is 5.32 Å². The molecule has 1 aromatic rings. The van der Waals surface area contributed by atoms with Gasteiger partial charge < -0.3 is 5.32 Å². The van der Waals surface area contributed by atoms with Crippen molar-refractivity contribution in [3.8, 4) is 0 Å². The maximum atomic E-state index is 3.85. The van der Waals surface area contributed by atoms with Gasteiger partial charge in [0.1, 0.15) is 0 Å². The van der Waals surface area contributed by atoms with Crippen LogP contribution in [0.5, 0.6) is 0 Å². The largest absolute Gasteiger partial charge is 0.379 e. The molecule has 0 spiro atoms. The Morgan fingerprint density at radius 2 is 1.03 bits per heavy atom. The van der Waals surface area contributed by atoms with Crippen molar-refractivity contribution in [2.45, 2.75) is 148 Å². The van der Waals surface area contributed by atoms with Gasteiger partial charge in [0.05, 0.1) is 0 Å². The molecule has 0 saturated heterocycles. The van der Waals surface area contributed by atoms with Gasteiger partial charge >= 0.3 is 0 Å². The Balaban J connectivity index is 1.42. The second kappa shape index (κ2) is 13.4. The monoisotopic (exact) mass is 413 g/mol. The molecule has 172 valence electrons. The standard InChI is InChI=1S/C29H51N/c1-5-6-7-8-9-10-11-12-13-14-15-16-17-18-19-22-25-29(4)28(2,3)26-23-20-21-24-27(26)30-29/h20-21,23-24,30H,5-19,22,25H2,1-4H3. The van der Waals surface area contributed by atoms with Crippen molar-refractivity contribution in [2.75, 3.05) is 5.32 Å². The smallest absolute Gasteiger partial charge is 0.0437 e. The zero-order valence-corrected chi connectivity index (χ0v) is 20.8. The molecule has 1 heterocycles. The highest BCUT2D eigenvalue weighted by molar-refractivity contribution is 5.63.